The first-order chi connectivity index (χ1) is 5.59. The maximum Gasteiger partial charge on any atom is 0.317 e. The Labute approximate surface area is 76.6 Å². The van der Waals surface area contributed by atoms with Gasteiger partial charge < -0.3 is 5.11 Å². The molecule has 0 aromatic rings. The average molecular weight is 190 g/mol. The molecule has 0 radical (unpaired) electrons. The summed E-state index contributed by atoms with van der Waals surface area (Å²) in [5.74, 6) is -0.806. The van der Waals surface area contributed by atoms with E-state index in [1.165, 1.54) is 0 Å². The molecule has 1 aliphatic carbocycles. The Morgan fingerprint density at radius 1 is 1.58 bits per heavy atom. The van der Waals surface area contributed by atoms with Crippen LogP contribution in [0.25, 0.3) is 0 Å². The summed E-state index contributed by atoms with van der Waals surface area (Å²) >= 11 is 5.60. The second-order valence-corrected chi connectivity index (χ2v) is 3.58. The molecule has 0 aromatic heterocycles. The van der Waals surface area contributed by atoms with Crippen LogP contribution in [0, 0.1) is 0 Å². The van der Waals surface area contributed by atoms with Gasteiger partial charge in [0.1, 0.15) is 0 Å². The molecule has 4 heteroatoms. The van der Waals surface area contributed by atoms with E-state index in [0.717, 1.165) is 12.8 Å². The van der Waals surface area contributed by atoms with Crippen molar-refractivity contribution in [3.63, 3.8) is 0 Å². The Kier molecular flexibility index (Phi) is 3.12. The number of nitrogens with zero attached hydrogens (tertiary/aromatic N) is 1. The summed E-state index contributed by atoms with van der Waals surface area (Å²) in [4.78, 5) is 12.3. The molecule has 0 spiro atoms. The molecule has 1 N–H and O–H groups in total. The average Bonchev–Trinajstić information content (AvgIpc) is 2.63. The van der Waals surface area contributed by atoms with Crippen LogP contribution in [-0.2, 0) is 4.79 Å². The highest BCUT2D eigenvalue weighted by Gasteiger charge is 2.30. The number of carboxylic acid groups (broad SMARTS) is 1. The lowest BCUT2D eigenvalue weighted by molar-refractivity contribution is -0.138. The van der Waals surface area contributed by atoms with Gasteiger partial charge in [-0.2, -0.15) is 0 Å². The Bertz CT molecular complexity index is 185. The first-order valence-corrected chi connectivity index (χ1v) is 4.26. The van der Waals surface area contributed by atoms with Crippen LogP contribution in [0.15, 0.2) is 11.6 Å². The fraction of sp³-hybridized carbons (Fsp3) is 0.625. The molecule has 0 atom stereocenters. The summed E-state index contributed by atoms with van der Waals surface area (Å²) in [6.45, 7) is 4.09. The molecule has 0 aliphatic heterocycles. The van der Waals surface area contributed by atoms with Crippen LogP contribution >= 0.6 is 11.6 Å². The lowest BCUT2D eigenvalue weighted by Crippen LogP contribution is -2.32. The molecule has 1 rings (SSSR count). The minimum Gasteiger partial charge on any atom is -0.480 e. The number of carboxylic acids is 1. The molecule has 12 heavy (non-hydrogen) atoms. The van der Waals surface area contributed by atoms with Crippen molar-refractivity contribution >= 4 is 17.6 Å². The van der Waals surface area contributed by atoms with Crippen LogP contribution in [0.2, 0.25) is 0 Å². The third-order valence-corrected chi connectivity index (χ3v) is 1.90. The summed E-state index contributed by atoms with van der Waals surface area (Å²) in [7, 11) is 0. The van der Waals surface area contributed by atoms with Gasteiger partial charge in [0.25, 0.3) is 0 Å². The number of rotatable bonds is 5. The zero-order valence-electron chi connectivity index (χ0n) is 6.79. The number of hydrogen-bond donors (Lipinski definition) is 1. The first-order valence-electron chi connectivity index (χ1n) is 3.88. The molecule has 0 heterocycles. The van der Waals surface area contributed by atoms with Gasteiger partial charge in [-0.1, -0.05) is 18.2 Å². The Morgan fingerprint density at radius 3 is 2.50 bits per heavy atom. The zero-order valence-corrected chi connectivity index (χ0v) is 7.55. The van der Waals surface area contributed by atoms with E-state index in [4.69, 9.17) is 16.7 Å². The monoisotopic (exact) mass is 189 g/mol. The quantitative estimate of drug-likeness (QED) is 0.709. The second kappa shape index (κ2) is 3.92. The molecule has 68 valence electrons. The van der Waals surface area contributed by atoms with E-state index in [2.05, 4.69) is 6.58 Å². The van der Waals surface area contributed by atoms with Gasteiger partial charge in [-0.3, -0.25) is 9.69 Å². The van der Waals surface area contributed by atoms with Crippen molar-refractivity contribution in [1.82, 2.24) is 4.90 Å². The van der Waals surface area contributed by atoms with Gasteiger partial charge >= 0.3 is 5.97 Å². The van der Waals surface area contributed by atoms with E-state index in [9.17, 15) is 4.79 Å². The van der Waals surface area contributed by atoms with Crippen molar-refractivity contribution < 1.29 is 9.90 Å². The Balaban J connectivity index is 2.37. The molecular weight excluding hydrogens is 178 g/mol. The molecule has 1 fully saturated rings. The van der Waals surface area contributed by atoms with E-state index in [0.29, 0.717) is 17.6 Å². The molecular formula is C8H12ClNO2. The van der Waals surface area contributed by atoms with Gasteiger partial charge in [-0.05, 0) is 12.8 Å². The van der Waals surface area contributed by atoms with E-state index in [1.807, 2.05) is 4.90 Å². The van der Waals surface area contributed by atoms with Gasteiger partial charge in [-0.15, -0.1) is 0 Å². The summed E-state index contributed by atoms with van der Waals surface area (Å²) < 4.78 is 0. The zero-order chi connectivity index (χ0) is 9.14. The topological polar surface area (TPSA) is 40.5 Å². The summed E-state index contributed by atoms with van der Waals surface area (Å²) in [5, 5.41) is 9.06. The van der Waals surface area contributed by atoms with Crippen LogP contribution < -0.4 is 0 Å². The van der Waals surface area contributed by atoms with Crippen molar-refractivity contribution in [2.45, 2.75) is 18.9 Å². The summed E-state index contributed by atoms with van der Waals surface area (Å²) in [6.07, 6.45) is 2.16. The molecule has 1 saturated carbocycles. The van der Waals surface area contributed by atoms with Crippen molar-refractivity contribution in [1.29, 1.82) is 0 Å². The third-order valence-electron chi connectivity index (χ3n) is 1.78. The lowest BCUT2D eigenvalue weighted by atomic mass is 10.4. The van der Waals surface area contributed by atoms with Crippen LogP contribution in [0.5, 0.6) is 0 Å². The Morgan fingerprint density at radius 2 is 2.17 bits per heavy atom. The first kappa shape index (κ1) is 9.55. The predicted octanol–water partition coefficient (Wildman–Crippen LogP) is 1.29. The summed E-state index contributed by atoms with van der Waals surface area (Å²) in [6, 6.07) is 0.414. The molecule has 1 aliphatic rings. The van der Waals surface area contributed by atoms with E-state index in [1.54, 1.807) is 0 Å². The fourth-order valence-electron chi connectivity index (χ4n) is 1.15. The molecule has 0 aromatic carbocycles. The van der Waals surface area contributed by atoms with Gasteiger partial charge in [0.2, 0.25) is 0 Å². The predicted molar refractivity (Wildman–Crippen MR) is 47.2 cm³/mol. The van der Waals surface area contributed by atoms with Crippen molar-refractivity contribution in [2.75, 3.05) is 13.1 Å². The van der Waals surface area contributed by atoms with Crippen molar-refractivity contribution in [3.05, 3.63) is 11.6 Å². The smallest absolute Gasteiger partial charge is 0.317 e. The molecule has 3 nitrogen and oxygen atoms in total. The minimum atomic E-state index is -0.806. The van der Waals surface area contributed by atoms with Crippen LogP contribution in [0.1, 0.15) is 12.8 Å². The highest BCUT2D eigenvalue weighted by atomic mass is 35.5. The van der Waals surface area contributed by atoms with E-state index < -0.39 is 5.97 Å². The molecule has 0 unspecified atom stereocenters. The van der Waals surface area contributed by atoms with Crippen molar-refractivity contribution in [3.8, 4) is 0 Å². The Hall–Kier alpha value is -0.540. The van der Waals surface area contributed by atoms with Gasteiger partial charge in [0, 0.05) is 17.6 Å². The lowest BCUT2D eigenvalue weighted by Gasteiger charge is -2.18. The van der Waals surface area contributed by atoms with Gasteiger partial charge in [-0.25, -0.2) is 0 Å². The van der Waals surface area contributed by atoms with E-state index in [-0.39, 0.29) is 6.54 Å². The molecule has 0 bridgehead atoms. The van der Waals surface area contributed by atoms with Gasteiger partial charge in [0.05, 0.1) is 6.54 Å². The number of carbonyl (C=O) groups is 1. The highest BCUT2D eigenvalue weighted by Crippen LogP contribution is 2.27. The second-order valence-electron chi connectivity index (χ2n) is 3.05. The maximum absolute atomic E-state index is 10.4. The van der Waals surface area contributed by atoms with E-state index >= 15 is 0 Å². The highest BCUT2D eigenvalue weighted by molar-refractivity contribution is 6.29. The van der Waals surface area contributed by atoms with Crippen LogP contribution in [-0.4, -0.2) is 35.1 Å². The standard InChI is InChI=1S/C8H12ClNO2/c1-6(9)4-10(5-8(11)12)7-2-3-7/h7H,1-5H2,(H,11,12). The largest absolute Gasteiger partial charge is 0.480 e. The maximum atomic E-state index is 10.4. The van der Waals surface area contributed by atoms with Gasteiger partial charge in [0.15, 0.2) is 0 Å². The number of halogens is 1. The SMILES string of the molecule is C=C(Cl)CN(CC(=O)O)C1CC1. The minimum absolute atomic E-state index is 0.0659. The third kappa shape index (κ3) is 3.24. The number of hydrogen-bond acceptors (Lipinski definition) is 2. The number of aliphatic carboxylic acids is 1. The van der Waals surface area contributed by atoms with Crippen LogP contribution in [0.3, 0.4) is 0 Å². The van der Waals surface area contributed by atoms with Crippen LogP contribution in [0.4, 0.5) is 0 Å². The molecule has 0 amide bonds. The molecule has 0 saturated heterocycles. The van der Waals surface area contributed by atoms with Crippen molar-refractivity contribution in [2.24, 2.45) is 0 Å². The normalized spacial score (nSPS) is 16.5. The summed E-state index contributed by atoms with van der Waals surface area (Å²) in [5.41, 5.74) is 0. The fourth-order valence-corrected chi connectivity index (χ4v) is 1.30.